The van der Waals surface area contributed by atoms with Gasteiger partial charge in [-0.25, -0.2) is 4.79 Å². The second-order valence-corrected chi connectivity index (χ2v) is 7.26. The average molecular weight is 405 g/mol. The normalized spacial score (nSPS) is 15.2. The highest BCUT2D eigenvalue weighted by Crippen LogP contribution is 2.33. The minimum absolute atomic E-state index is 0.0773. The molecule has 3 aromatic rings. The fourth-order valence-electron chi connectivity index (χ4n) is 3.87. The molecule has 7 heteroatoms. The first-order valence-corrected chi connectivity index (χ1v) is 9.94. The Hall–Kier alpha value is -3.61. The molecular weight excluding hydrogens is 382 g/mol. The fourth-order valence-corrected chi connectivity index (χ4v) is 3.87. The fraction of sp³-hybridized carbons (Fsp3) is 0.261. The number of nitrogens with zero attached hydrogens (tertiary/aromatic N) is 2. The number of carbonyl (C=O) groups excluding carboxylic acids is 2. The van der Waals surface area contributed by atoms with Crippen molar-refractivity contribution < 1.29 is 14.3 Å². The molecule has 0 saturated heterocycles. The van der Waals surface area contributed by atoms with Crippen LogP contribution in [0.5, 0.6) is 0 Å². The van der Waals surface area contributed by atoms with Gasteiger partial charge in [0, 0.05) is 19.7 Å². The van der Waals surface area contributed by atoms with Crippen LogP contribution in [0.15, 0.2) is 59.5 Å². The van der Waals surface area contributed by atoms with E-state index in [1.54, 1.807) is 15.7 Å². The van der Waals surface area contributed by atoms with Gasteiger partial charge in [0.15, 0.2) is 0 Å². The van der Waals surface area contributed by atoms with Crippen molar-refractivity contribution in [2.75, 3.05) is 6.61 Å². The first-order valence-electron chi connectivity index (χ1n) is 9.94. The summed E-state index contributed by atoms with van der Waals surface area (Å²) in [6.45, 7) is 2.13. The summed E-state index contributed by atoms with van der Waals surface area (Å²) in [4.78, 5) is 41.0. The van der Waals surface area contributed by atoms with E-state index in [1.807, 2.05) is 54.6 Å². The van der Waals surface area contributed by atoms with Gasteiger partial charge in [0.2, 0.25) is 5.91 Å². The Kier molecular flexibility index (Phi) is 5.52. The van der Waals surface area contributed by atoms with Crippen molar-refractivity contribution in [2.24, 2.45) is 0 Å². The highest BCUT2D eigenvalue weighted by atomic mass is 16.5. The number of aromatic amines is 1. The molecule has 0 saturated carbocycles. The number of rotatable bonds is 6. The molecule has 1 amide bonds. The Morgan fingerprint density at radius 1 is 1.10 bits per heavy atom. The molecular formula is C23H23N3O4. The van der Waals surface area contributed by atoms with Crippen LogP contribution in [0.1, 0.15) is 36.9 Å². The first-order chi connectivity index (χ1) is 14.5. The number of fused-ring (bicyclic) bond motifs is 2. The summed E-state index contributed by atoms with van der Waals surface area (Å²) >= 11 is 0. The number of aryl methyl sites for hydroxylation is 1. The molecule has 30 heavy (non-hydrogen) atoms. The smallest absolute Gasteiger partial charge is 0.326 e. The molecule has 4 rings (SSSR count). The molecule has 0 radical (unpaired) electrons. The molecule has 0 aliphatic carbocycles. The Morgan fingerprint density at radius 3 is 2.70 bits per heavy atom. The van der Waals surface area contributed by atoms with Crippen LogP contribution < -0.4 is 5.69 Å². The zero-order valence-corrected chi connectivity index (χ0v) is 16.7. The van der Waals surface area contributed by atoms with Crippen molar-refractivity contribution in [3.05, 3.63) is 76.3 Å². The largest absolute Gasteiger partial charge is 0.466 e. The minimum Gasteiger partial charge on any atom is -0.466 e. The number of esters is 1. The maximum absolute atomic E-state index is 12.5. The molecule has 2 heterocycles. The van der Waals surface area contributed by atoms with E-state index >= 15 is 0 Å². The van der Waals surface area contributed by atoms with Gasteiger partial charge in [-0.3, -0.25) is 14.2 Å². The molecule has 1 unspecified atom stereocenters. The van der Waals surface area contributed by atoms with Crippen molar-refractivity contribution in [1.29, 1.82) is 0 Å². The lowest BCUT2D eigenvalue weighted by molar-refractivity contribution is -0.145. The highest BCUT2D eigenvalue weighted by Gasteiger charge is 2.28. The van der Waals surface area contributed by atoms with E-state index in [1.165, 1.54) is 6.92 Å². The van der Waals surface area contributed by atoms with Gasteiger partial charge in [0.25, 0.3) is 0 Å². The van der Waals surface area contributed by atoms with Crippen LogP contribution in [0, 0.1) is 0 Å². The second kappa shape index (κ2) is 8.41. The third-order valence-corrected chi connectivity index (χ3v) is 5.30. The van der Waals surface area contributed by atoms with E-state index in [4.69, 9.17) is 4.74 Å². The molecule has 1 aliphatic heterocycles. The third-order valence-electron chi connectivity index (χ3n) is 5.30. The summed E-state index contributed by atoms with van der Waals surface area (Å²) in [5.74, 6) is -0.500. The summed E-state index contributed by atoms with van der Waals surface area (Å²) in [5, 5.41) is 0. The standard InChI is InChI=1S/C23H23N3O4/c1-16(27)25-13-11-17-7-2-3-8-18(17)21(25)15-22(28)30-14-6-12-26-20-10-5-4-9-19(20)24-23(26)29/h2-5,7-11,13,21H,6,12,14-15H2,1H3,(H,24,29). The maximum Gasteiger partial charge on any atom is 0.326 e. The number of ether oxygens (including phenoxy) is 1. The second-order valence-electron chi connectivity index (χ2n) is 7.26. The molecule has 1 N–H and O–H groups in total. The van der Waals surface area contributed by atoms with Gasteiger partial charge >= 0.3 is 11.7 Å². The number of imidazole rings is 1. The lowest BCUT2D eigenvalue weighted by atomic mass is 9.94. The van der Waals surface area contributed by atoms with Crippen LogP contribution in [-0.2, 0) is 20.9 Å². The van der Waals surface area contributed by atoms with E-state index in [0.29, 0.717) is 13.0 Å². The summed E-state index contributed by atoms with van der Waals surface area (Å²) in [6.07, 6.45) is 4.18. The number of H-pyrrole nitrogens is 1. The minimum atomic E-state index is -0.382. The predicted molar refractivity (Wildman–Crippen MR) is 113 cm³/mol. The predicted octanol–water partition coefficient (Wildman–Crippen LogP) is 3.23. The molecule has 154 valence electrons. The number of nitrogens with one attached hydrogen (secondary N) is 1. The molecule has 7 nitrogen and oxygen atoms in total. The topological polar surface area (TPSA) is 84.4 Å². The number of aromatic nitrogens is 2. The van der Waals surface area contributed by atoms with E-state index in [0.717, 1.165) is 22.2 Å². The SMILES string of the molecule is CC(=O)N1C=Cc2ccccc2C1CC(=O)OCCCn1c(=O)[nH]c2ccccc21. The zero-order valence-electron chi connectivity index (χ0n) is 16.7. The Morgan fingerprint density at radius 2 is 1.87 bits per heavy atom. The van der Waals surface area contributed by atoms with Crippen molar-refractivity contribution >= 4 is 29.0 Å². The number of carbonyl (C=O) groups is 2. The van der Waals surface area contributed by atoms with Gasteiger partial charge in [-0.2, -0.15) is 0 Å². The van der Waals surface area contributed by atoms with Crippen LogP contribution in [0.3, 0.4) is 0 Å². The molecule has 0 fully saturated rings. The van der Waals surface area contributed by atoms with Gasteiger partial charge in [0.05, 0.1) is 30.1 Å². The van der Waals surface area contributed by atoms with Crippen molar-refractivity contribution in [3.8, 4) is 0 Å². The summed E-state index contributed by atoms with van der Waals surface area (Å²) in [6, 6.07) is 14.8. The Labute approximate surface area is 173 Å². The maximum atomic E-state index is 12.5. The number of hydrogen-bond acceptors (Lipinski definition) is 4. The summed E-state index contributed by atoms with van der Waals surface area (Å²) in [7, 11) is 0. The van der Waals surface area contributed by atoms with Crippen molar-refractivity contribution in [1.82, 2.24) is 14.5 Å². The van der Waals surface area contributed by atoms with Crippen LogP contribution >= 0.6 is 0 Å². The molecule has 1 atom stereocenters. The van der Waals surface area contributed by atoms with Crippen molar-refractivity contribution in [2.45, 2.75) is 32.4 Å². The van der Waals surface area contributed by atoms with Gasteiger partial charge in [-0.05, 0) is 35.8 Å². The molecule has 2 aromatic carbocycles. The summed E-state index contributed by atoms with van der Waals surface area (Å²) < 4.78 is 7.05. The van der Waals surface area contributed by atoms with Gasteiger partial charge in [-0.1, -0.05) is 36.4 Å². The number of hydrogen-bond donors (Lipinski definition) is 1. The Balaban J connectivity index is 1.36. The molecule has 1 aliphatic rings. The quantitative estimate of drug-likeness (QED) is 0.504. The van der Waals surface area contributed by atoms with E-state index in [-0.39, 0.29) is 36.6 Å². The van der Waals surface area contributed by atoms with E-state index in [9.17, 15) is 14.4 Å². The third kappa shape index (κ3) is 3.91. The van der Waals surface area contributed by atoms with Crippen LogP contribution in [-0.4, -0.2) is 32.9 Å². The highest BCUT2D eigenvalue weighted by molar-refractivity contribution is 5.80. The molecule has 1 aromatic heterocycles. The number of para-hydroxylation sites is 2. The zero-order chi connectivity index (χ0) is 21.1. The summed E-state index contributed by atoms with van der Waals surface area (Å²) in [5.41, 5.74) is 3.36. The first kappa shape index (κ1) is 19.7. The van der Waals surface area contributed by atoms with Crippen LogP contribution in [0.25, 0.3) is 17.1 Å². The lowest BCUT2D eigenvalue weighted by Crippen LogP contribution is -2.32. The van der Waals surface area contributed by atoms with Crippen molar-refractivity contribution in [3.63, 3.8) is 0 Å². The molecule has 0 spiro atoms. The monoisotopic (exact) mass is 405 g/mol. The molecule has 0 bridgehead atoms. The Bertz CT molecular complexity index is 1170. The lowest BCUT2D eigenvalue weighted by Gasteiger charge is -2.32. The number of amides is 1. The van der Waals surface area contributed by atoms with Crippen LogP contribution in [0.4, 0.5) is 0 Å². The van der Waals surface area contributed by atoms with E-state index < -0.39 is 0 Å². The van der Waals surface area contributed by atoms with Crippen LogP contribution in [0.2, 0.25) is 0 Å². The van der Waals surface area contributed by atoms with E-state index in [2.05, 4.69) is 4.98 Å². The van der Waals surface area contributed by atoms with Gasteiger partial charge < -0.3 is 14.6 Å². The number of benzene rings is 2. The van der Waals surface area contributed by atoms with Gasteiger partial charge in [-0.15, -0.1) is 0 Å². The van der Waals surface area contributed by atoms with Gasteiger partial charge in [0.1, 0.15) is 0 Å². The average Bonchev–Trinajstić information content (AvgIpc) is 3.06.